The predicted octanol–water partition coefficient (Wildman–Crippen LogP) is 2.66. The number of carbonyl (C=O) groups is 1. The van der Waals surface area contributed by atoms with Crippen LogP contribution in [0.2, 0.25) is 0 Å². The molecule has 0 heterocycles. The van der Waals surface area contributed by atoms with Crippen LogP contribution in [-0.4, -0.2) is 44.2 Å². The summed E-state index contributed by atoms with van der Waals surface area (Å²) in [4.78, 5) is 12.0. The molecule has 0 amide bonds. The lowest BCUT2D eigenvalue weighted by Gasteiger charge is -2.28. The van der Waals surface area contributed by atoms with E-state index in [9.17, 15) is 4.79 Å². The van der Waals surface area contributed by atoms with Gasteiger partial charge in [0.25, 0.3) is 0 Å². The van der Waals surface area contributed by atoms with Gasteiger partial charge in [0.05, 0.1) is 20.6 Å². The van der Waals surface area contributed by atoms with Crippen molar-refractivity contribution in [3.63, 3.8) is 0 Å². The van der Waals surface area contributed by atoms with Crippen LogP contribution in [0.1, 0.15) is 79.1 Å². The van der Waals surface area contributed by atoms with Gasteiger partial charge in [-0.15, -0.1) is 0 Å². The molecular formula is C22H42BrNO2. The average molecular weight is 432 g/mol. The van der Waals surface area contributed by atoms with Crippen molar-refractivity contribution in [1.82, 2.24) is 0 Å². The summed E-state index contributed by atoms with van der Waals surface area (Å²) >= 11 is 0. The molecule has 0 aliphatic heterocycles. The molecule has 0 aliphatic carbocycles. The van der Waals surface area contributed by atoms with Crippen LogP contribution in [0.4, 0.5) is 0 Å². The smallest absolute Gasteiger partial charge is 0.362 e. The second-order valence-electron chi connectivity index (χ2n) is 8.14. The summed E-state index contributed by atoms with van der Waals surface area (Å²) in [5.74, 6) is -0.0932. The Balaban J connectivity index is 0. The van der Waals surface area contributed by atoms with E-state index in [0.29, 0.717) is 13.2 Å². The van der Waals surface area contributed by atoms with Crippen molar-refractivity contribution in [1.29, 1.82) is 0 Å². The van der Waals surface area contributed by atoms with Crippen LogP contribution in [0, 0.1) is 0 Å². The summed E-state index contributed by atoms with van der Waals surface area (Å²) in [6.07, 6.45) is 14.1. The number of allylic oxidation sites excluding steroid dienone is 3. The molecule has 0 rings (SSSR count). The van der Waals surface area contributed by atoms with Crippen LogP contribution >= 0.6 is 0 Å². The zero-order chi connectivity index (χ0) is 19.1. The lowest BCUT2D eigenvalue weighted by atomic mass is 10.1. The van der Waals surface area contributed by atoms with Crippen molar-refractivity contribution >= 4 is 5.97 Å². The summed E-state index contributed by atoms with van der Waals surface area (Å²) in [5.41, 5.74) is 2.63. The monoisotopic (exact) mass is 431 g/mol. The molecule has 0 unspecified atom stereocenters. The van der Waals surface area contributed by atoms with E-state index in [2.05, 4.69) is 47.9 Å². The maximum absolute atomic E-state index is 12.0. The number of rotatable bonds is 14. The number of hydrogen-bond donors (Lipinski definition) is 0. The van der Waals surface area contributed by atoms with Crippen LogP contribution in [0.25, 0.3) is 0 Å². The molecule has 0 bridgehead atoms. The standard InChI is InChI=1S/C22H42NO2.BrH/c1-7-8-9-10-11-12-17-23(5,6)19-22(24)25-18-16-21(4)15-13-14-20(2)3;/h14,16H,7-13,15,17-19H2,1-6H3;1H/q+1;/p-1/b21-16+;. The first-order valence-corrected chi connectivity index (χ1v) is 10.0. The molecule has 3 nitrogen and oxygen atoms in total. The van der Waals surface area contributed by atoms with Gasteiger partial charge < -0.3 is 26.2 Å². The average Bonchev–Trinajstić information content (AvgIpc) is 2.49. The number of ether oxygens (including phenoxy) is 1. The molecule has 0 saturated carbocycles. The molecule has 0 aromatic carbocycles. The van der Waals surface area contributed by atoms with Gasteiger partial charge in [0, 0.05) is 0 Å². The lowest BCUT2D eigenvalue weighted by molar-refractivity contribution is -0.883. The minimum atomic E-state index is -0.0932. The van der Waals surface area contributed by atoms with Crippen molar-refractivity contribution in [2.45, 2.75) is 79.1 Å². The van der Waals surface area contributed by atoms with E-state index in [4.69, 9.17) is 4.74 Å². The Kier molecular flexibility index (Phi) is 17.6. The van der Waals surface area contributed by atoms with Gasteiger partial charge in [-0.05, 0) is 52.5 Å². The Hall–Kier alpha value is -0.610. The van der Waals surface area contributed by atoms with E-state index in [-0.39, 0.29) is 23.0 Å². The van der Waals surface area contributed by atoms with Crippen molar-refractivity contribution in [2.75, 3.05) is 33.8 Å². The Morgan fingerprint density at radius 2 is 1.58 bits per heavy atom. The molecule has 26 heavy (non-hydrogen) atoms. The minimum Gasteiger partial charge on any atom is -1.00 e. The summed E-state index contributed by atoms with van der Waals surface area (Å²) in [7, 11) is 4.24. The van der Waals surface area contributed by atoms with Crippen LogP contribution in [-0.2, 0) is 9.53 Å². The van der Waals surface area contributed by atoms with Gasteiger partial charge in [0.1, 0.15) is 6.61 Å². The first kappa shape index (κ1) is 27.6. The minimum absolute atomic E-state index is 0. The first-order valence-electron chi connectivity index (χ1n) is 10.0. The third kappa shape index (κ3) is 18.2. The Morgan fingerprint density at radius 3 is 2.19 bits per heavy atom. The number of carbonyl (C=O) groups excluding carboxylic acids is 1. The summed E-state index contributed by atoms with van der Waals surface area (Å²) in [6.45, 7) is 10.5. The number of quaternary nitrogens is 1. The SMILES string of the molecule is CCCCCCCC[N+](C)(C)CC(=O)OC/C=C(\C)CCC=C(C)C.[Br-]. The van der Waals surface area contributed by atoms with E-state index in [1.165, 1.54) is 49.7 Å². The van der Waals surface area contributed by atoms with Crippen LogP contribution in [0.3, 0.4) is 0 Å². The molecule has 4 heteroatoms. The molecule has 0 spiro atoms. The maximum atomic E-state index is 12.0. The zero-order valence-electron chi connectivity index (χ0n) is 18.1. The number of likely N-dealkylation sites (N-methyl/N-ethyl adjacent to an activating group) is 1. The Bertz CT molecular complexity index is 424. The largest absolute Gasteiger partial charge is 1.00 e. The van der Waals surface area contributed by atoms with Gasteiger partial charge in [-0.3, -0.25) is 0 Å². The fraction of sp³-hybridized carbons (Fsp3) is 0.773. The van der Waals surface area contributed by atoms with Gasteiger partial charge in [0.2, 0.25) is 0 Å². The zero-order valence-corrected chi connectivity index (χ0v) is 19.7. The second-order valence-corrected chi connectivity index (χ2v) is 8.14. The molecule has 0 aromatic heterocycles. The molecular weight excluding hydrogens is 390 g/mol. The summed E-state index contributed by atoms with van der Waals surface area (Å²) < 4.78 is 6.11. The molecule has 0 aliphatic rings. The fourth-order valence-corrected chi connectivity index (χ4v) is 2.76. The van der Waals surface area contributed by atoms with Crippen LogP contribution < -0.4 is 17.0 Å². The van der Waals surface area contributed by atoms with Gasteiger partial charge in [-0.2, -0.15) is 0 Å². The van der Waals surface area contributed by atoms with Gasteiger partial charge in [-0.1, -0.05) is 49.8 Å². The molecule has 0 radical (unpaired) electrons. The van der Waals surface area contributed by atoms with Gasteiger partial charge in [-0.25, -0.2) is 4.79 Å². The topological polar surface area (TPSA) is 26.3 Å². The number of halogens is 1. The molecule has 0 saturated heterocycles. The number of unbranched alkanes of at least 4 members (excludes halogenated alkanes) is 5. The molecule has 0 fully saturated rings. The van der Waals surface area contributed by atoms with E-state index >= 15 is 0 Å². The highest BCUT2D eigenvalue weighted by molar-refractivity contribution is 5.70. The predicted molar refractivity (Wildman–Crippen MR) is 109 cm³/mol. The third-order valence-electron chi connectivity index (χ3n) is 4.44. The van der Waals surface area contributed by atoms with E-state index in [1.807, 2.05) is 6.08 Å². The number of nitrogens with zero attached hydrogens (tertiary/aromatic N) is 1. The second kappa shape index (κ2) is 16.6. The highest BCUT2D eigenvalue weighted by Crippen LogP contribution is 2.09. The summed E-state index contributed by atoms with van der Waals surface area (Å²) in [6, 6.07) is 0. The normalized spacial score (nSPS) is 11.7. The Labute approximate surface area is 173 Å². The highest BCUT2D eigenvalue weighted by atomic mass is 79.9. The van der Waals surface area contributed by atoms with E-state index in [1.54, 1.807) is 0 Å². The van der Waals surface area contributed by atoms with Crippen molar-refractivity contribution in [3.05, 3.63) is 23.3 Å². The van der Waals surface area contributed by atoms with Crippen LogP contribution in [0.15, 0.2) is 23.3 Å². The fourth-order valence-electron chi connectivity index (χ4n) is 2.76. The quantitative estimate of drug-likeness (QED) is 0.183. The van der Waals surface area contributed by atoms with Gasteiger partial charge >= 0.3 is 5.97 Å². The lowest BCUT2D eigenvalue weighted by Crippen LogP contribution is -3.00. The number of hydrogen-bond acceptors (Lipinski definition) is 2. The van der Waals surface area contributed by atoms with Gasteiger partial charge in [0.15, 0.2) is 6.54 Å². The van der Waals surface area contributed by atoms with Crippen molar-refractivity contribution < 1.29 is 31.0 Å². The Morgan fingerprint density at radius 1 is 0.962 bits per heavy atom. The van der Waals surface area contributed by atoms with Crippen LogP contribution in [0.5, 0.6) is 0 Å². The molecule has 0 N–H and O–H groups in total. The maximum Gasteiger partial charge on any atom is 0.362 e. The third-order valence-corrected chi connectivity index (χ3v) is 4.44. The summed E-state index contributed by atoms with van der Waals surface area (Å²) in [5, 5.41) is 0. The van der Waals surface area contributed by atoms with Crippen molar-refractivity contribution in [2.24, 2.45) is 0 Å². The number of esters is 1. The molecule has 0 atom stereocenters. The van der Waals surface area contributed by atoms with E-state index in [0.717, 1.165) is 23.9 Å². The highest BCUT2D eigenvalue weighted by Gasteiger charge is 2.20. The van der Waals surface area contributed by atoms with Crippen molar-refractivity contribution in [3.8, 4) is 0 Å². The molecule has 154 valence electrons. The first-order chi connectivity index (χ1) is 11.8. The molecule has 0 aromatic rings. The van der Waals surface area contributed by atoms with E-state index < -0.39 is 0 Å².